The Balaban J connectivity index is 1.39. The first-order chi connectivity index (χ1) is 11.2. The first kappa shape index (κ1) is 16.3. The second kappa shape index (κ2) is 7.84. The Bertz CT molecular complexity index is 627. The Morgan fingerprint density at radius 3 is 2.87 bits per heavy atom. The summed E-state index contributed by atoms with van der Waals surface area (Å²) in [5.74, 6) is 0.680. The van der Waals surface area contributed by atoms with Crippen molar-refractivity contribution in [1.82, 2.24) is 5.32 Å². The molecule has 0 aliphatic carbocycles. The molecular formula is C18H21ClN2OS. The van der Waals surface area contributed by atoms with Crippen molar-refractivity contribution >= 4 is 34.5 Å². The second-order valence-corrected chi connectivity index (χ2v) is 7.43. The van der Waals surface area contributed by atoms with E-state index in [1.807, 2.05) is 18.2 Å². The number of benzene rings is 1. The molecule has 1 N–H and O–H groups in total. The first-order valence-corrected chi connectivity index (χ1v) is 9.26. The Kier molecular flexibility index (Phi) is 5.57. The maximum atomic E-state index is 11.9. The van der Waals surface area contributed by atoms with Crippen molar-refractivity contribution in [3.8, 4) is 0 Å². The Morgan fingerprint density at radius 2 is 2.13 bits per heavy atom. The lowest BCUT2D eigenvalue weighted by molar-refractivity contribution is -0.121. The highest BCUT2D eigenvalue weighted by Crippen LogP contribution is 2.24. The van der Waals surface area contributed by atoms with Gasteiger partial charge in [-0.2, -0.15) is 0 Å². The highest BCUT2D eigenvalue weighted by Gasteiger charge is 2.23. The van der Waals surface area contributed by atoms with Crippen LogP contribution >= 0.6 is 22.9 Å². The average molecular weight is 349 g/mol. The number of hydrogen-bond acceptors (Lipinski definition) is 3. The topological polar surface area (TPSA) is 32.3 Å². The van der Waals surface area contributed by atoms with Crippen molar-refractivity contribution in [3.63, 3.8) is 0 Å². The van der Waals surface area contributed by atoms with E-state index in [0.29, 0.717) is 12.3 Å². The minimum atomic E-state index is 0.156. The fourth-order valence-corrected chi connectivity index (χ4v) is 3.76. The van der Waals surface area contributed by atoms with Gasteiger partial charge in [-0.15, -0.1) is 11.3 Å². The zero-order chi connectivity index (χ0) is 16.1. The van der Waals surface area contributed by atoms with Gasteiger partial charge in [0.1, 0.15) is 0 Å². The smallest absolute Gasteiger partial charge is 0.220 e. The molecule has 122 valence electrons. The van der Waals surface area contributed by atoms with E-state index < -0.39 is 0 Å². The molecule has 1 aliphatic heterocycles. The van der Waals surface area contributed by atoms with Gasteiger partial charge in [-0.1, -0.05) is 17.7 Å². The number of hydrogen-bond donors (Lipinski definition) is 1. The number of halogens is 1. The van der Waals surface area contributed by atoms with Crippen molar-refractivity contribution in [2.75, 3.05) is 24.5 Å². The van der Waals surface area contributed by atoms with Gasteiger partial charge < -0.3 is 10.2 Å². The van der Waals surface area contributed by atoms with Crippen molar-refractivity contribution in [2.45, 2.75) is 19.3 Å². The molecule has 1 aromatic carbocycles. The Labute approximate surface area is 146 Å². The molecular weight excluding hydrogens is 328 g/mol. The lowest BCUT2D eigenvalue weighted by Gasteiger charge is -2.19. The van der Waals surface area contributed by atoms with Crippen LogP contribution in [0.15, 0.2) is 41.8 Å². The standard InChI is InChI=1S/C18H21ClN2OS/c19-15-3-5-16(6-4-15)21-10-9-14(13-21)12-20-18(22)8-7-17-2-1-11-23-17/h1-6,11,14H,7-10,12-13H2,(H,20,22). The van der Waals surface area contributed by atoms with Gasteiger partial charge in [0.2, 0.25) is 5.91 Å². The third-order valence-corrected chi connectivity index (χ3v) is 5.43. The number of nitrogens with one attached hydrogen (secondary N) is 1. The van der Waals surface area contributed by atoms with Crippen LogP contribution in [0.2, 0.25) is 5.02 Å². The monoisotopic (exact) mass is 348 g/mol. The van der Waals surface area contributed by atoms with E-state index in [1.54, 1.807) is 11.3 Å². The Hall–Kier alpha value is -1.52. The number of amides is 1. The lowest BCUT2D eigenvalue weighted by Crippen LogP contribution is -2.31. The van der Waals surface area contributed by atoms with E-state index >= 15 is 0 Å². The minimum Gasteiger partial charge on any atom is -0.371 e. The zero-order valence-corrected chi connectivity index (χ0v) is 14.6. The number of nitrogens with zero attached hydrogens (tertiary/aromatic N) is 1. The summed E-state index contributed by atoms with van der Waals surface area (Å²) in [4.78, 5) is 15.6. The molecule has 1 unspecified atom stereocenters. The molecule has 0 bridgehead atoms. The zero-order valence-electron chi connectivity index (χ0n) is 13.0. The van der Waals surface area contributed by atoms with Gasteiger partial charge in [0.25, 0.3) is 0 Å². The van der Waals surface area contributed by atoms with Crippen LogP contribution in [0.5, 0.6) is 0 Å². The predicted octanol–water partition coefficient (Wildman–Crippen LogP) is 3.98. The largest absolute Gasteiger partial charge is 0.371 e. The number of aryl methyl sites for hydroxylation is 1. The van der Waals surface area contributed by atoms with Crippen LogP contribution in [-0.2, 0) is 11.2 Å². The van der Waals surface area contributed by atoms with E-state index in [9.17, 15) is 4.79 Å². The number of thiophene rings is 1. The van der Waals surface area contributed by atoms with Gasteiger partial charge in [0, 0.05) is 41.6 Å². The van der Waals surface area contributed by atoms with Gasteiger partial charge in [-0.25, -0.2) is 0 Å². The van der Waals surface area contributed by atoms with Crippen LogP contribution in [0.1, 0.15) is 17.7 Å². The molecule has 2 aromatic rings. The fraction of sp³-hybridized carbons (Fsp3) is 0.389. The van der Waals surface area contributed by atoms with E-state index in [-0.39, 0.29) is 5.91 Å². The number of anilines is 1. The van der Waals surface area contributed by atoms with Gasteiger partial charge in [-0.05, 0) is 54.5 Å². The van der Waals surface area contributed by atoms with Gasteiger partial charge in [-0.3, -0.25) is 4.79 Å². The molecule has 2 heterocycles. The van der Waals surface area contributed by atoms with Crippen LogP contribution in [0.3, 0.4) is 0 Å². The molecule has 0 spiro atoms. The van der Waals surface area contributed by atoms with Crippen LogP contribution in [-0.4, -0.2) is 25.5 Å². The molecule has 0 saturated carbocycles. The molecule has 1 aromatic heterocycles. The summed E-state index contributed by atoms with van der Waals surface area (Å²) >= 11 is 7.64. The molecule has 1 aliphatic rings. The molecule has 23 heavy (non-hydrogen) atoms. The quantitative estimate of drug-likeness (QED) is 0.856. The highest BCUT2D eigenvalue weighted by molar-refractivity contribution is 7.09. The summed E-state index contributed by atoms with van der Waals surface area (Å²) in [6.07, 6.45) is 2.53. The SMILES string of the molecule is O=C(CCc1cccs1)NCC1CCN(c2ccc(Cl)cc2)C1. The summed E-state index contributed by atoms with van der Waals surface area (Å²) in [6.45, 7) is 2.80. The first-order valence-electron chi connectivity index (χ1n) is 8.00. The van der Waals surface area contributed by atoms with E-state index in [4.69, 9.17) is 11.6 Å². The number of carbonyl (C=O) groups excluding carboxylic acids is 1. The van der Waals surface area contributed by atoms with Gasteiger partial charge in [0.05, 0.1) is 0 Å². The summed E-state index contributed by atoms with van der Waals surface area (Å²) in [5, 5.41) is 5.90. The average Bonchev–Trinajstić information content (AvgIpc) is 3.23. The molecule has 1 saturated heterocycles. The maximum absolute atomic E-state index is 11.9. The fourth-order valence-electron chi connectivity index (χ4n) is 2.92. The highest BCUT2D eigenvalue weighted by atomic mass is 35.5. The second-order valence-electron chi connectivity index (χ2n) is 5.96. The summed E-state index contributed by atoms with van der Waals surface area (Å²) in [7, 11) is 0. The molecule has 0 radical (unpaired) electrons. The van der Waals surface area contributed by atoms with Crippen molar-refractivity contribution in [3.05, 3.63) is 51.7 Å². The summed E-state index contributed by atoms with van der Waals surface area (Å²) in [5.41, 5.74) is 1.21. The predicted molar refractivity (Wildman–Crippen MR) is 97.4 cm³/mol. The lowest BCUT2D eigenvalue weighted by atomic mass is 10.1. The molecule has 5 heteroatoms. The van der Waals surface area contributed by atoms with Crippen LogP contribution in [0.4, 0.5) is 5.69 Å². The van der Waals surface area contributed by atoms with Gasteiger partial charge in [0.15, 0.2) is 0 Å². The van der Waals surface area contributed by atoms with Crippen molar-refractivity contribution in [2.24, 2.45) is 5.92 Å². The van der Waals surface area contributed by atoms with Crippen LogP contribution in [0.25, 0.3) is 0 Å². The number of carbonyl (C=O) groups is 1. The maximum Gasteiger partial charge on any atom is 0.220 e. The summed E-state index contributed by atoms with van der Waals surface area (Å²) < 4.78 is 0. The van der Waals surface area contributed by atoms with Crippen LogP contribution in [0, 0.1) is 5.92 Å². The van der Waals surface area contributed by atoms with Gasteiger partial charge >= 0.3 is 0 Å². The summed E-state index contributed by atoms with van der Waals surface area (Å²) in [6, 6.07) is 12.1. The minimum absolute atomic E-state index is 0.156. The third-order valence-electron chi connectivity index (χ3n) is 4.24. The third kappa shape index (κ3) is 4.72. The molecule has 1 amide bonds. The molecule has 1 atom stereocenters. The van der Waals surface area contributed by atoms with E-state index in [2.05, 4.69) is 33.8 Å². The molecule has 3 nitrogen and oxygen atoms in total. The molecule has 1 fully saturated rings. The normalized spacial score (nSPS) is 17.4. The van der Waals surface area contributed by atoms with E-state index in [0.717, 1.165) is 37.5 Å². The van der Waals surface area contributed by atoms with Crippen LogP contribution < -0.4 is 10.2 Å². The Morgan fingerprint density at radius 1 is 1.30 bits per heavy atom. The number of rotatable bonds is 6. The van der Waals surface area contributed by atoms with Crippen molar-refractivity contribution < 1.29 is 4.79 Å². The van der Waals surface area contributed by atoms with Crippen molar-refractivity contribution in [1.29, 1.82) is 0 Å². The van der Waals surface area contributed by atoms with E-state index in [1.165, 1.54) is 10.6 Å². The molecule has 3 rings (SSSR count).